The first-order valence-electron chi connectivity index (χ1n) is 6.99. The first kappa shape index (κ1) is 15.4. The molecule has 3 rings (SSSR count). The highest BCUT2D eigenvalue weighted by molar-refractivity contribution is 5.89. The fourth-order valence-electron chi connectivity index (χ4n) is 2.34. The molecule has 1 unspecified atom stereocenters. The van der Waals surface area contributed by atoms with Gasteiger partial charge in [0, 0.05) is 12.2 Å². The van der Waals surface area contributed by atoms with Crippen LogP contribution in [0.1, 0.15) is 24.1 Å². The first-order chi connectivity index (χ1) is 9.97. The van der Waals surface area contributed by atoms with E-state index in [1.165, 1.54) is 0 Å². The molecule has 2 aromatic heterocycles. The Morgan fingerprint density at radius 1 is 1.24 bits per heavy atom. The van der Waals surface area contributed by atoms with Crippen LogP contribution in [0.5, 0.6) is 0 Å². The van der Waals surface area contributed by atoms with Gasteiger partial charge in [-0.2, -0.15) is 9.97 Å². The number of rotatable bonds is 0. The minimum atomic E-state index is -0.575. The Kier molecular flexibility index (Phi) is 4.85. The molecule has 0 amide bonds. The van der Waals surface area contributed by atoms with Gasteiger partial charge in [-0.3, -0.25) is 0 Å². The van der Waals surface area contributed by atoms with E-state index in [0.29, 0.717) is 18.0 Å². The highest BCUT2D eigenvalue weighted by Gasteiger charge is 2.09. The minimum absolute atomic E-state index is 0.160. The Balaban J connectivity index is 0.000000194. The zero-order valence-corrected chi connectivity index (χ0v) is 12.4. The van der Waals surface area contributed by atoms with E-state index < -0.39 is 6.17 Å². The third-order valence-corrected chi connectivity index (χ3v) is 3.27. The van der Waals surface area contributed by atoms with Crippen LogP contribution < -0.4 is 16.8 Å². The monoisotopic (exact) mass is 292 g/mol. The Hall–Kier alpha value is -2.02. The van der Waals surface area contributed by atoms with Crippen LogP contribution in [0.3, 0.4) is 0 Å². The van der Waals surface area contributed by atoms with E-state index in [1.54, 1.807) is 0 Å². The minimum Gasteiger partial charge on any atom is -0.383 e. The van der Waals surface area contributed by atoms with Gasteiger partial charge in [-0.05, 0) is 44.9 Å². The number of nitrogens with zero attached hydrogens (tertiary/aromatic N) is 3. The van der Waals surface area contributed by atoms with Gasteiger partial charge in [0.1, 0.15) is 12.0 Å². The molecule has 1 fully saturated rings. The zero-order chi connectivity index (χ0) is 15.4. The zero-order valence-electron chi connectivity index (χ0n) is 12.4. The molecule has 114 valence electrons. The number of fused-ring (bicyclic) bond motifs is 1. The van der Waals surface area contributed by atoms with Crippen LogP contribution in [0.15, 0.2) is 6.07 Å². The van der Waals surface area contributed by atoms with Crippen molar-refractivity contribution in [2.45, 2.75) is 32.9 Å². The van der Waals surface area contributed by atoms with Crippen molar-refractivity contribution in [1.82, 2.24) is 20.3 Å². The largest absolute Gasteiger partial charge is 0.383 e. The Labute approximate surface area is 123 Å². The number of pyridine rings is 1. The van der Waals surface area contributed by atoms with Crippen LogP contribution in [-0.4, -0.2) is 34.2 Å². The number of piperidine rings is 1. The molecule has 3 heterocycles. The third kappa shape index (κ3) is 3.98. The first-order valence-corrected chi connectivity index (χ1v) is 6.99. The summed E-state index contributed by atoms with van der Waals surface area (Å²) in [7, 11) is 0. The van der Waals surface area contributed by atoms with Crippen LogP contribution in [0.25, 0.3) is 11.0 Å². The predicted octanol–water partition coefficient (Wildman–Crippen LogP) is 1.51. The lowest BCUT2D eigenvalue weighted by Crippen LogP contribution is -2.30. The molecular weight excluding hydrogens is 271 g/mol. The molecule has 0 aliphatic carbocycles. The predicted molar refractivity (Wildman–Crippen MR) is 82.6 cm³/mol. The Morgan fingerprint density at radius 3 is 2.57 bits per heavy atom. The standard InChI is InChI=1S/C9H11N5.C5H10FN/c1-4-3-5(2)12-8-6(4)7(10)13-9(11)14-8;6-5-2-1-3-7-4-5/h3H,1-2H3,(H4,10,11,12,13,14);5,7H,1-4H2. The maximum atomic E-state index is 12.1. The molecule has 1 aliphatic heterocycles. The van der Waals surface area contributed by atoms with Crippen molar-refractivity contribution in [2.75, 3.05) is 24.6 Å². The summed E-state index contributed by atoms with van der Waals surface area (Å²) in [4.78, 5) is 12.2. The van der Waals surface area contributed by atoms with Crippen molar-refractivity contribution in [1.29, 1.82) is 0 Å². The van der Waals surface area contributed by atoms with E-state index in [4.69, 9.17) is 11.5 Å². The molecule has 0 saturated carbocycles. The molecule has 0 bridgehead atoms. The summed E-state index contributed by atoms with van der Waals surface area (Å²) >= 11 is 0. The third-order valence-electron chi connectivity index (χ3n) is 3.27. The number of halogens is 1. The molecule has 1 saturated heterocycles. The average molecular weight is 292 g/mol. The highest BCUT2D eigenvalue weighted by Crippen LogP contribution is 2.21. The number of nitrogens with two attached hydrogens (primary N) is 2. The molecule has 1 aliphatic rings. The van der Waals surface area contributed by atoms with Crippen molar-refractivity contribution < 1.29 is 4.39 Å². The van der Waals surface area contributed by atoms with Crippen LogP contribution >= 0.6 is 0 Å². The molecule has 1 atom stereocenters. The van der Waals surface area contributed by atoms with E-state index in [0.717, 1.165) is 36.0 Å². The number of hydrogen-bond acceptors (Lipinski definition) is 6. The van der Waals surface area contributed by atoms with E-state index in [-0.39, 0.29) is 5.95 Å². The SMILES string of the molecule is Cc1cc(C)c2c(N)nc(N)nc2n1.FC1CCCNC1. The van der Waals surface area contributed by atoms with Gasteiger partial charge in [0.2, 0.25) is 5.95 Å². The molecule has 21 heavy (non-hydrogen) atoms. The lowest BCUT2D eigenvalue weighted by atomic mass is 10.1. The Bertz CT molecular complexity index is 582. The van der Waals surface area contributed by atoms with E-state index in [9.17, 15) is 4.39 Å². The second-order valence-corrected chi connectivity index (χ2v) is 5.19. The summed E-state index contributed by atoms with van der Waals surface area (Å²) in [6.45, 7) is 5.42. The normalized spacial score (nSPS) is 18.1. The second-order valence-electron chi connectivity index (χ2n) is 5.19. The van der Waals surface area contributed by atoms with Crippen molar-refractivity contribution in [2.24, 2.45) is 0 Å². The average Bonchev–Trinajstić information content (AvgIpc) is 2.38. The summed E-state index contributed by atoms with van der Waals surface area (Å²) in [5, 5.41) is 3.74. The molecule has 6 nitrogen and oxygen atoms in total. The van der Waals surface area contributed by atoms with Crippen LogP contribution in [-0.2, 0) is 0 Å². The van der Waals surface area contributed by atoms with Gasteiger partial charge >= 0.3 is 0 Å². The van der Waals surface area contributed by atoms with Crippen molar-refractivity contribution in [3.05, 3.63) is 17.3 Å². The molecular formula is C14H21FN6. The quantitative estimate of drug-likeness (QED) is 0.680. The van der Waals surface area contributed by atoms with Crippen molar-refractivity contribution in [3.63, 3.8) is 0 Å². The van der Waals surface area contributed by atoms with Gasteiger partial charge in [-0.1, -0.05) is 0 Å². The number of aryl methyl sites for hydroxylation is 2. The summed E-state index contributed by atoms with van der Waals surface area (Å²) < 4.78 is 12.1. The molecule has 0 spiro atoms. The van der Waals surface area contributed by atoms with Gasteiger partial charge in [0.15, 0.2) is 5.65 Å². The lowest BCUT2D eigenvalue weighted by Gasteiger charge is -2.14. The molecule has 7 heteroatoms. The number of alkyl halides is 1. The topological polar surface area (TPSA) is 103 Å². The fraction of sp³-hybridized carbons (Fsp3) is 0.500. The lowest BCUT2D eigenvalue weighted by molar-refractivity contribution is 0.266. The van der Waals surface area contributed by atoms with Crippen LogP contribution in [0, 0.1) is 13.8 Å². The molecule has 0 aromatic carbocycles. The van der Waals surface area contributed by atoms with E-state index in [1.807, 2.05) is 19.9 Å². The second kappa shape index (κ2) is 6.62. The molecule has 5 N–H and O–H groups in total. The maximum Gasteiger partial charge on any atom is 0.224 e. The maximum absolute atomic E-state index is 12.1. The van der Waals surface area contributed by atoms with Gasteiger partial charge in [0.25, 0.3) is 0 Å². The summed E-state index contributed by atoms with van der Waals surface area (Å²) in [6.07, 6.45) is 1.18. The van der Waals surface area contributed by atoms with E-state index in [2.05, 4.69) is 20.3 Å². The van der Waals surface area contributed by atoms with Crippen LogP contribution in [0.4, 0.5) is 16.2 Å². The van der Waals surface area contributed by atoms with Gasteiger partial charge in [0.05, 0.1) is 5.39 Å². The fourth-order valence-corrected chi connectivity index (χ4v) is 2.34. The van der Waals surface area contributed by atoms with Gasteiger partial charge in [-0.25, -0.2) is 9.37 Å². The Morgan fingerprint density at radius 2 is 2.00 bits per heavy atom. The van der Waals surface area contributed by atoms with Gasteiger partial charge in [-0.15, -0.1) is 0 Å². The van der Waals surface area contributed by atoms with Crippen molar-refractivity contribution in [3.8, 4) is 0 Å². The number of aromatic nitrogens is 3. The highest BCUT2D eigenvalue weighted by atomic mass is 19.1. The van der Waals surface area contributed by atoms with Crippen LogP contribution in [0.2, 0.25) is 0 Å². The summed E-state index contributed by atoms with van der Waals surface area (Å²) in [6, 6.07) is 1.94. The molecule has 2 aromatic rings. The number of hydrogen-bond donors (Lipinski definition) is 3. The molecule has 0 radical (unpaired) electrons. The number of nitrogen functional groups attached to an aromatic ring is 2. The van der Waals surface area contributed by atoms with Crippen molar-refractivity contribution >= 4 is 22.8 Å². The van der Waals surface area contributed by atoms with Gasteiger partial charge < -0.3 is 16.8 Å². The summed E-state index contributed by atoms with van der Waals surface area (Å²) in [5.41, 5.74) is 13.7. The number of anilines is 2. The number of nitrogens with one attached hydrogen (secondary N) is 1. The summed E-state index contributed by atoms with van der Waals surface area (Å²) in [5.74, 6) is 0.546. The smallest absolute Gasteiger partial charge is 0.224 e. The van der Waals surface area contributed by atoms with E-state index >= 15 is 0 Å².